The maximum absolute atomic E-state index is 12.0. The van der Waals surface area contributed by atoms with Gasteiger partial charge in [0.1, 0.15) is 0 Å². The Kier molecular flexibility index (Phi) is 4.02. The summed E-state index contributed by atoms with van der Waals surface area (Å²) in [6, 6.07) is 5.67. The molecule has 2 N–H and O–H groups in total. The smallest absolute Gasteiger partial charge is 0.251 e. The van der Waals surface area contributed by atoms with Gasteiger partial charge in [-0.25, -0.2) is 0 Å². The number of benzene rings is 1. The molecule has 2 rings (SSSR count). The molecule has 1 aliphatic heterocycles. The third kappa shape index (κ3) is 3.20. The highest BCUT2D eigenvalue weighted by Gasteiger charge is 2.16. The molecule has 92 valence electrons. The van der Waals surface area contributed by atoms with E-state index in [9.17, 15) is 4.79 Å². The van der Waals surface area contributed by atoms with E-state index in [1.165, 1.54) is 0 Å². The minimum atomic E-state index is -0.00309. The van der Waals surface area contributed by atoms with Crippen LogP contribution >= 0.6 is 11.6 Å². The Hall–Kier alpha value is -1.06. The van der Waals surface area contributed by atoms with Crippen LogP contribution in [0.3, 0.4) is 0 Å². The van der Waals surface area contributed by atoms with E-state index in [-0.39, 0.29) is 5.91 Å². The van der Waals surface area contributed by atoms with Crippen LogP contribution in [0.4, 0.5) is 0 Å². The van der Waals surface area contributed by atoms with Crippen molar-refractivity contribution in [3.05, 3.63) is 34.3 Å². The zero-order valence-corrected chi connectivity index (χ0v) is 10.7. The molecule has 1 saturated heterocycles. The molecule has 17 heavy (non-hydrogen) atoms. The number of nitrogens with one attached hydrogen (secondary N) is 2. The molecule has 0 radical (unpaired) electrons. The summed E-state index contributed by atoms with van der Waals surface area (Å²) < 4.78 is 0. The van der Waals surface area contributed by atoms with E-state index in [1.54, 1.807) is 12.1 Å². The summed E-state index contributed by atoms with van der Waals surface area (Å²) in [4.78, 5) is 12.0. The van der Waals surface area contributed by atoms with Gasteiger partial charge in [-0.1, -0.05) is 11.6 Å². The number of aryl methyl sites for hydroxylation is 1. The van der Waals surface area contributed by atoms with Crippen LogP contribution in [-0.4, -0.2) is 25.0 Å². The highest BCUT2D eigenvalue weighted by atomic mass is 35.5. The molecular weight excluding hydrogens is 236 g/mol. The first-order valence-corrected chi connectivity index (χ1v) is 6.32. The van der Waals surface area contributed by atoms with E-state index < -0.39 is 0 Å². The van der Waals surface area contributed by atoms with E-state index >= 15 is 0 Å². The van der Waals surface area contributed by atoms with E-state index in [2.05, 4.69) is 10.6 Å². The van der Waals surface area contributed by atoms with Crippen molar-refractivity contribution >= 4 is 17.5 Å². The minimum absolute atomic E-state index is 0.00309. The number of carbonyl (C=O) groups excluding carboxylic acids is 1. The lowest BCUT2D eigenvalue weighted by atomic mass is 10.1. The minimum Gasteiger partial charge on any atom is -0.349 e. The van der Waals surface area contributed by atoms with Crippen molar-refractivity contribution < 1.29 is 4.79 Å². The van der Waals surface area contributed by atoms with Gasteiger partial charge in [0.2, 0.25) is 0 Å². The Balaban J connectivity index is 2.01. The molecule has 0 saturated carbocycles. The number of carbonyl (C=O) groups is 1. The molecule has 0 bridgehead atoms. The molecule has 1 aliphatic rings. The third-order valence-electron chi connectivity index (χ3n) is 3.09. The molecule has 0 spiro atoms. The second kappa shape index (κ2) is 5.52. The number of hydrogen-bond donors (Lipinski definition) is 2. The lowest BCUT2D eigenvalue weighted by molar-refractivity contribution is 0.0929. The maximum atomic E-state index is 12.0. The molecular formula is C13H17ClN2O. The molecule has 3 nitrogen and oxygen atoms in total. The summed E-state index contributed by atoms with van der Waals surface area (Å²) >= 11 is 5.94. The first-order chi connectivity index (χ1) is 8.16. The van der Waals surface area contributed by atoms with Crippen LogP contribution in [0, 0.1) is 6.92 Å². The van der Waals surface area contributed by atoms with Gasteiger partial charge < -0.3 is 10.6 Å². The fourth-order valence-corrected chi connectivity index (χ4v) is 2.14. The Morgan fingerprint density at radius 1 is 1.41 bits per heavy atom. The molecule has 0 unspecified atom stereocenters. The highest BCUT2D eigenvalue weighted by molar-refractivity contribution is 6.31. The quantitative estimate of drug-likeness (QED) is 0.847. The van der Waals surface area contributed by atoms with Crippen LogP contribution in [0.15, 0.2) is 18.2 Å². The fraction of sp³-hybridized carbons (Fsp3) is 0.462. The zero-order chi connectivity index (χ0) is 12.3. The van der Waals surface area contributed by atoms with Crippen LogP contribution < -0.4 is 10.6 Å². The maximum Gasteiger partial charge on any atom is 0.251 e. The summed E-state index contributed by atoms with van der Waals surface area (Å²) in [7, 11) is 0. The number of halogens is 1. The molecule has 4 heteroatoms. The Labute approximate surface area is 107 Å². The lowest BCUT2D eigenvalue weighted by Crippen LogP contribution is -2.42. The van der Waals surface area contributed by atoms with Crippen LogP contribution in [0.1, 0.15) is 28.8 Å². The van der Waals surface area contributed by atoms with Crippen molar-refractivity contribution in [1.82, 2.24) is 10.6 Å². The molecule has 1 fully saturated rings. The van der Waals surface area contributed by atoms with Crippen molar-refractivity contribution in [3.8, 4) is 0 Å². The average Bonchev–Trinajstić information content (AvgIpc) is 2.34. The molecule has 0 atom stereocenters. The van der Waals surface area contributed by atoms with Crippen molar-refractivity contribution in [2.45, 2.75) is 25.8 Å². The van der Waals surface area contributed by atoms with Crippen LogP contribution in [0.2, 0.25) is 5.02 Å². The summed E-state index contributed by atoms with van der Waals surface area (Å²) in [5, 5.41) is 7.03. The standard InChI is InChI=1S/C13H17ClN2O/c1-9-8-10(2-3-12(9)14)13(17)16-11-4-6-15-7-5-11/h2-3,8,11,15H,4-7H2,1H3,(H,16,17). The van der Waals surface area contributed by atoms with Gasteiger partial charge in [0.25, 0.3) is 5.91 Å². The first-order valence-electron chi connectivity index (χ1n) is 5.94. The predicted molar refractivity (Wildman–Crippen MR) is 69.5 cm³/mol. The molecule has 1 amide bonds. The van der Waals surface area contributed by atoms with E-state index in [4.69, 9.17) is 11.6 Å². The van der Waals surface area contributed by atoms with Gasteiger partial charge in [-0.2, -0.15) is 0 Å². The SMILES string of the molecule is Cc1cc(C(=O)NC2CCNCC2)ccc1Cl. The molecule has 0 aromatic heterocycles. The number of amides is 1. The monoisotopic (exact) mass is 252 g/mol. The Bertz CT molecular complexity index is 414. The number of piperidine rings is 1. The summed E-state index contributed by atoms with van der Waals surface area (Å²) in [5.41, 5.74) is 1.62. The van der Waals surface area contributed by atoms with Gasteiger partial charge in [-0.05, 0) is 56.6 Å². The number of rotatable bonds is 2. The topological polar surface area (TPSA) is 41.1 Å². The Morgan fingerprint density at radius 3 is 2.76 bits per heavy atom. The normalized spacial score (nSPS) is 16.8. The van der Waals surface area contributed by atoms with Crippen molar-refractivity contribution in [1.29, 1.82) is 0 Å². The largest absolute Gasteiger partial charge is 0.349 e. The fourth-order valence-electron chi connectivity index (χ4n) is 2.02. The van der Waals surface area contributed by atoms with Gasteiger partial charge in [-0.3, -0.25) is 4.79 Å². The second-order valence-electron chi connectivity index (χ2n) is 4.46. The zero-order valence-electron chi connectivity index (χ0n) is 9.92. The van der Waals surface area contributed by atoms with Crippen molar-refractivity contribution in [2.75, 3.05) is 13.1 Å². The van der Waals surface area contributed by atoms with E-state index in [0.717, 1.165) is 31.5 Å². The molecule has 0 aliphatic carbocycles. The predicted octanol–water partition coefficient (Wildman–Crippen LogP) is 2.13. The summed E-state index contributed by atoms with van der Waals surface area (Å²) in [5.74, 6) is -0.00309. The molecule has 1 aromatic carbocycles. The summed E-state index contributed by atoms with van der Waals surface area (Å²) in [6.45, 7) is 3.86. The van der Waals surface area contributed by atoms with Gasteiger partial charge in [0, 0.05) is 16.6 Å². The van der Waals surface area contributed by atoms with Crippen LogP contribution in [0.25, 0.3) is 0 Å². The summed E-state index contributed by atoms with van der Waals surface area (Å²) in [6.07, 6.45) is 2.00. The molecule has 1 aromatic rings. The highest BCUT2D eigenvalue weighted by Crippen LogP contribution is 2.16. The van der Waals surface area contributed by atoms with Crippen molar-refractivity contribution in [2.24, 2.45) is 0 Å². The molecule has 1 heterocycles. The van der Waals surface area contributed by atoms with Gasteiger partial charge in [0.05, 0.1) is 0 Å². The first kappa shape index (κ1) is 12.4. The van der Waals surface area contributed by atoms with Gasteiger partial charge in [-0.15, -0.1) is 0 Å². The third-order valence-corrected chi connectivity index (χ3v) is 3.52. The average molecular weight is 253 g/mol. The Morgan fingerprint density at radius 2 is 2.12 bits per heavy atom. The van der Waals surface area contributed by atoms with Gasteiger partial charge in [0.15, 0.2) is 0 Å². The second-order valence-corrected chi connectivity index (χ2v) is 4.87. The number of hydrogen-bond acceptors (Lipinski definition) is 2. The van der Waals surface area contributed by atoms with Crippen LogP contribution in [0.5, 0.6) is 0 Å². The van der Waals surface area contributed by atoms with Crippen LogP contribution in [-0.2, 0) is 0 Å². The lowest BCUT2D eigenvalue weighted by Gasteiger charge is -2.23. The van der Waals surface area contributed by atoms with E-state index in [0.29, 0.717) is 16.6 Å². The van der Waals surface area contributed by atoms with E-state index in [1.807, 2.05) is 13.0 Å². The van der Waals surface area contributed by atoms with Gasteiger partial charge >= 0.3 is 0 Å². The van der Waals surface area contributed by atoms with Crippen molar-refractivity contribution in [3.63, 3.8) is 0 Å².